The summed E-state index contributed by atoms with van der Waals surface area (Å²) in [6.07, 6.45) is 2.87. The molecule has 0 saturated carbocycles. The number of aryl methyl sites for hydroxylation is 2. The van der Waals surface area contributed by atoms with E-state index in [1.807, 2.05) is 13.8 Å². The molecule has 9 nitrogen and oxygen atoms in total. The van der Waals surface area contributed by atoms with Crippen molar-refractivity contribution in [3.63, 3.8) is 0 Å². The first-order valence-corrected chi connectivity index (χ1v) is 12.0. The number of rotatable bonds is 20. The Morgan fingerprint density at radius 1 is 0.794 bits per heavy atom. The zero-order chi connectivity index (χ0) is 25.3. The smallest absolute Gasteiger partial charge is 0.246 e. The van der Waals surface area contributed by atoms with Crippen molar-refractivity contribution < 1.29 is 33.3 Å². The number of hydrogen-bond acceptors (Lipinski definition) is 7. The molecule has 0 aromatic heterocycles. The highest BCUT2D eigenvalue weighted by molar-refractivity contribution is 5.77. The van der Waals surface area contributed by atoms with E-state index in [0.717, 1.165) is 12.8 Å². The summed E-state index contributed by atoms with van der Waals surface area (Å²) in [4.78, 5) is 33.4. The third kappa shape index (κ3) is 20.3. The van der Waals surface area contributed by atoms with Gasteiger partial charge in [-0.3, -0.25) is 9.59 Å². The van der Waals surface area contributed by atoms with Gasteiger partial charge in [-0.2, -0.15) is 0 Å². The van der Waals surface area contributed by atoms with E-state index >= 15 is 0 Å². The predicted octanol–water partition coefficient (Wildman–Crippen LogP) is 1.84. The molecule has 0 spiro atoms. The van der Waals surface area contributed by atoms with E-state index in [2.05, 4.69) is 41.8 Å². The molecule has 2 N–H and O–H groups in total. The second-order valence-corrected chi connectivity index (χ2v) is 7.06. The summed E-state index contributed by atoms with van der Waals surface area (Å²) in [6, 6.07) is 8.35. The normalized spacial score (nSPS) is 10.2. The maximum absolute atomic E-state index is 11.8. The number of aldehydes is 1. The molecule has 0 atom stereocenters. The van der Waals surface area contributed by atoms with Gasteiger partial charge in [-0.15, -0.1) is 0 Å². The van der Waals surface area contributed by atoms with Gasteiger partial charge in [0.15, 0.2) is 0 Å². The van der Waals surface area contributed by atoms with E-state index in [1.165, 1.54) is 11.1 Å². The topological polar surface area (TPSA) is 112 Å². The maximum Gasteiger partial charge on any atom is 0.246 e. The Morgan fingerprint density at radius 2 is 1.35 bits per heavy atom. The molecule has 0 radical (unpaired) electrons. The number of nitrogens with one attached hydrogen (secondary N) is 2. The molecular weight excluding hydrogens is 440 g/mol. The largest absolute Gasteiger partial charge is 0.377 e. The molecule has 194 valence electrons. The lowest BCUT2D eigenvalue weighted by Gasteiger charge is -2.08. The molecule has 0 aliphatic carbocycles. The molecule has 1 aromatic carbocycles. The molecule has 0 bridgehead atoms. The van der Waals surface area contributed by atoms with E-state index in [4.69, 9.17) is 18.9 Å². The summed E-state index contributed by atoms with van der Waals surface area (Å²) in [5.41, 5.74) is 2.48. The Balaban J connectivity index is 0.00000529. The summed E-state index contributed by atoms with van der Waals surface area (Å²) in [5.74, 6) is -0.213. The van der Waals surface area contributed by atoms with E-state index in [1.54, 1.807) is 0 Å². The minimum atomic E-state index is -0.233. The highest BCUT2D eigenvalue weighted by Crippen LogP contribution is 2.07. The van der Waals surface area contributed by atoms with Crippen LogP contribution >= 0.6 is 0 Å². The first kappa shape index (κ1) is 31.7. The van der Waals surface area contributed by atoms with Crippen molar-refractivity contribution in [2.75, 3.05) is 65.9 Å². The molecular formula is C25H42N2O7. The van der Waals surface area contributed by atoms with Gasteiger partial charge in [-0.05, 0) is 25.3 Å². The number of carbonyl (C=O) groups is 3. The van der Waals surface area contributed by atoms with E-state index < -0.39 is 0 Å². The van der Waals surface area contributed by atoms with Crippen LogP contribution in [0.2, 0.25) is 0 Å². The second kappa shape index (κ2) is 23.8. The Labute approximate surface area is 203 Å². The van der Waals surface area contributed by atoms with Crippen molar-refractivity contribution in [2.45, 2.75) is 40.0 Å². The molecule has 2 amide bonds. The quantitative estimate of drug-likeness (QED) is 0.215. The van der Waals surface area contributed by atoms with E-state index in [9.17, 15) is 14.4 Å². The number of ether oxygens (including phenoxy) is 4. The van der Waals surface area contributed by atoms with Gasteiger partial charge >= 0.3 is 0 Å². The molecule has 0 unspecified atom stereocenters. The highest BCUT2D eigenvalue weighted by Gasteiger charge is 2.03. The minimum absolute atomic E-state index is 0.0195. The third-order valence-corrected chi connectivity index (χ3v) is 4.29. The number of hydrogen-bond donors (Lipinski definition) is 2. The SMILES string of the molecule is CC.Cc1ccc(CCCC(=O)NCCOCCOCC(=O)NCCOCCOCC=O)cc1. The summed E-state index contributed by atoms with van der Waals surface area (Å²) < 4.78 is 20.8. The van der Waals surface area contributed by atoms with Gasteiger partial charge in [0, 0.05) is 19.5 Å². The molecule has 0 fully saturated rings. The number of benzene rings is 1. The third-order valence-electron chi connectivity index (χ3n) is 4.29. The van der Waals surface area contributed by atoms with Gasteiger partial charge < -0.3 is 34.4 Å². The van der Waals surface area contributed by atoms with Crippen LogP contribution in [0.4, 0.5) is 0 Å². The zero-order valence-corrected chi connectivity index (χ0v) is 20.9. The molecule has 34 heavy (non-hydrogen) atoms. The monoisotopic (exact) mass is 482 g/mol. The fourth-order valence-corrected chi connectivity index (χ4v) is 2.61. The van der Waals surface area contributed by atoms with Gasteiger partial charge in [0.25, 0.3) is 0 Å². The second-order valence-electron chi connectivity index (χ2n) is 7.06. The molecule has 1 rings (SSSR count). The average Bonchev–Trinajstić information content (AvgIpc) is 2.85. The van der Waals surface area contributed by atoms with Gasteiger partial charge in [0.05, 0.1) is 39.6 Å². The van der Waals surface area contributed by atoms with Crippen LogP contribution in [0.25, 0.3) is 0 Å². The van der Waals surface area contributed by atoms with Gasteiger partial charge in [-0.1, -0.05) is 43.7 Å². The first-order chi connectivity index (χ1) is 16.6. The van der Waals surface area contributed by atoms with Crippen LogP contribution < -0.4 is 10.6 Å². The minimum Gasteiger partial charge on any atom is -0.377 e. The highest BCUT2D eigenvalue weighted by atomic mass is 16.5. The summed E-state index contributed by atoms with van der Waals surface area (Å²) >= 11 is 0. The number of carbonyl (C=O) groups excluding carboxylic acids is 3. The lowest BCUT2D eigenvalue weighted by atomic mass is 10.1. The zero-order valence-electron chi connectivity index (χ0n) is 20.9. The predicted molar refractivity (Wildman–Crippen MR) is 131 cm³/mol. The van der Waals surface area contributed by atoms with Crippen LogP contribution in [0.1, 0.15) is 37.8 Å². The van der Waals surface area contributed by atoms with E-state index in [-0.39, 0.29) is 25.0 Å². The van der Waals surface area contributed by atoms with Crippen molar-refractivity contribution in [1.29, 1.82) is 0 Å². The summed E-state index contributed by atoms with van der Waals surface area (Å²) in [5, 5.41) is 5.49. The fourth-order valence-electron chi connectivity index (χ4n) is 2.61. The Bertz CT molecular complexity index is 639. The lowest BCUT2D eigenvalue weighted by molar-refractivity contribution is -0.126. The van der Waals surface area contributed by atoms with Crippen molar-refractivity contribution in [3.05, 3.63) is 35.4 Å². The fraction of sp³-hybridized carbons (Fsp3) is 0.640. The molecule has 1 aromatic rings. The Morgan fingerprint density at radius 3 is 1.97 bits per heavy atom. The van der Waals surface area contributed by atoms with E-state index in [0.29, 0.717) is 65.4 Å². The van der Waals surface area contributed by atoms with Crippen molar-refractivity contribution in [2.24, 2.45) is 0 Å². The van der Waals surface area contributed by atoms with Gasteiger partial charge in [0.1, 0.15) is 19.5 Å². The molecule has 0 heterocycles. The molecule has 9 heteroatoms. The lowest BCUT2D eigenvalue weighted by Crippen LogP contribution is -2.31. The molecule has 0 aliphatic rings. The Kier molecular flexibility index (Phi) is 22.2. The van der Waals surface area contributed by atoms with Crippen molar-refractivity contribution in [1.82, 2.24) is 10.6 Å². The summed E-state index contributed by atoms with van der Waals surface area (Å²) in [6.45, 7) is 8.99. The Hall–Kier alpha value is -2.33. The van der Waals surface area contributed by atoms with Gasteiger partial charge in [0.2, 0.25) is 11.8 Å². The average molecular weight is 483 g/mol. The molecule has 0 saturated heterocycles. The van der Waals surface area contributed by atoms with Crippen LogP contribution in [0.15, 0.2) is 24.3 Å². The maximum atomic E-state index is 11.8. The van der Waals surface area contributed by atoms with Crippen LogP contribution in [0.3, 0.4) is 0 Å². The standard InChI is InChI=1S/C23H36N2O7.C2H6/c1-20-5-7-21(8-6-20)3-2-4-22(27)24-9-12-30-17-18-32-19-23(28)25-10-13-29-15-16-31-14-11-26;1-2/h5-8,11H,2-4,9-10,12-19H2,1H3,(H,24,27)(H,25,28);1-2H3. The number of amides is 2. The van der Waals surface area contributed by atoms with Gasteiger partial charge in [-0.25, -0.2) is 0 Å². The van der Waals surface area contributed by atoms with Crippen LogP contribution in [-0.4, -0.2) is 84.0 Å². The van der Waals surface area contributed by atoms with Crippen LogP contribution in [-0.2, 0) is 39.8 Å². The molecule has 0 aliphatic heterocycles. The van der Waals surface area contributed by atoms with Crippen molar-refractivity contribution >= 4 is 18.1 Å². The first-order valence-electron chi connectivity index (χ1n) is 12.0. The van der Waals surface area contributed by atoms with Crippen LogP contribution in [0.5, 0.6) is 0 Å². The summed E-state index contributed by atoms with van der Waals surface area (Å²) in [7, 11) is 0. The van der Waals surface area contributed by atoms with Crippen molar-refractivity contribution in [3.8, 4) is 0 Å². The van der Waals surface area contributed by atoms with Crippen LogP contribution in [0, 0.1) is 6.92 Å².